The lowest BCUT2D eigenvalue weighted by molar-refractivity contribution is -0.144. The van der Waals surface area contributed by atoms with Crippen molar-refractivity contribution < 1.29 is 9.53 Å². The maximum absolute atomic E-state index is 12.6. The maximum atomic E-state index is 12.6. The summed E-state index contributed by atoms with van der Waals surface area (Å²) in [7, 11) is 0. The molecule has 1 aliphatic heterocycles. The number of rotatable bonds is 5. The fourth-order valence-corrected chi connectivity index (χ4v) is 3.12. The lowest BCUT2D eigenvalue weighted by atomic mass is 10.0. The van der Waals surface area contributed by atoms with E-state index < -0.39 is 0 Å². The molecule has 1 aliphatic carbocycles. The largest absolute Gasteiger partial charge is 0.368 e. The van der Waals surface area contributed by atoms with Crippen LogP contribution in [-0.2, 0) is 9.53 Å². The monoisotopic (exact) mass is 254 g/mol. The molecule has 104 valence electrons. The second kappa shape index (κ2) is 6.53. The summed E-state index contributed by atoms with van der Waals surface area (Å²) in [6.45, 7) is 4.29. The maximum Gasteiger partial charge on any atom is 0.252 e. The van der Waals surface area contributed by atoms with Crippen molar-refractivity contribution >= 4 is 5.91 Å². The van der Waals surface area contributed by atoms with Crippen LogP contribution in [0.3, 0.4) is 0 Å². The number of carbonyl (C=O) groups is 1. The van der Waals surface area contributed by atoms with E-state index in [4.69, 9.17) is 10.5 Å². The molecule has 0 spiro atoms. The van der Waals surface area contributed by atoms with Gasteiger partial charge in [0.05, 0.1) is 0 Å². The first-order valence-corrected chi connectivity index (χ1v) is 7.36. The fourth-order valence-electron chi connectivity index (χ4n) is 3.12. The van der Waals surface area contributed by atoms with Crippen LogP contribution in [0.2, 0.25) is 0 Å². The highest BCUT2D eigenvalue weighted by atomic mass is 16.5. The molecular formula is C14H26N2O2. The number of nitrogens with zero attached hydrogens (tertiary/aromatic N) is 1. The van der Waals surface area contributed by atoms with Gasteiger partial charge in [-0.05, 0) is 38.1 Å². The van der Waals surface area contributed by atoms with Crippen molar-refractivity contribution in [1.82, 2.24) is 4.90 Å². The average molecular weight is 254 g/mol. The zero-order chi connectivity index (χ0) is 13.0. The summed E-state index contributed by atoms with van der Waals surface area (Å²) in [5, 5.41) is 0. The summed E-state index contributed by atoms with van der Waals surface area (Å²) in [5.74, 6) is 0.569. The minimum absolute atomic E-state index is 0.205. The van der Waals surface area contributed by atoms with Gasteiger partial charge in [0.2, 0.25) is 0 Å². The van der Waals surface area contributed by atoms with Crippen LogP contribution in [0.5, 0.6) is 0 Å². The zero-order valence-corrected chi connectivity index (χ0v) is 11.4. The Hall–Kier alpha value is -0.610. The first-order valence-electron chi connectivity index (χ1n) is 7.36. The van der Waals surface area contributed by atoms with E-state index in [1.807, 2.05) is 0 Å². The van der Waals surface area contributed by atoms with Crippen molar-refractivity contribution in [2.45, 2.75) is 57.6 Å². The highest BCUT2D eigenvalue weighted by Crippen LogP contribution is 2.28. The Morgan fingerprint density at radius 1 is 1.33 bits per heavy atom. The van der Waals surface area contributed by atoms with E-state index in [1.54, 1.807) is 0 Å². The van der Waals surface area contributed by atoms with Gasteiger partial charge in [-0.3, -0.25) is 4.79 Å². The van der Waals surface area contributed by atoms with E-state index in [-0.39, 0.29) is 12.0 Å². The van der Waals surface area contributed by atoms with Gasteiger partial charge in [0, 0.05) is 19.2 Å². The SMILES string of the molecule is CC1CCOC1C(=O)N(CCCN)C1CCCC1. The topological polar surface area (TPSA) is 55.6 Å². The van der Waals surface area contributed by atoms with Crippen molar-refractivity contribution in [3.63, 3.8) is 0 Å². The Bertz CT molecular complexity index is 277. The number of amides is 1. The molecule has 0 radical (unpaired) electrons. The van der Waals surface area contributed by atoms with Crippen LogP contribution in [0.4, 0.5) is 0 Å². The normalized spacial score (nSPS) is 28.8. The van der Waals surface area contributed by atoms with Gasteiger partial charge in [-0.2, -0.15) is 0 Å². The highest BCUT2D eigenvalue weighted by Gasteiger charge is 2.36. The number of hydrogen-bond donors (Lipinski definition) is 1. The Kier molecular flexibility index (Phi) is 5.01. The summed E-state index contributed by atoms with van der Waals surface area (Å²) in [4.78, 5) is 14.7. The Morgan fingerprint density at radius 3 is 2.61 bits per heavy atom. The van der Waals surface area contributed by atoms with Crippen LogP contribution in [-0.4, -0.2) is 42.6 Å². The standard InChI is InChI=1S/C14H26N2O2/c1-11-7-10-18-13(11)14(17)16(9-4-8-15)12-5-2-3-6-12/h11-13H,2-10,15H2,1H3. The van der Waals surface area contributed by atoms with Gasteiger partial charge in [-0.25, -0.2) is 0 Å². The van der Waals surface area contributed by atoms with Gasteiger partial charge in [-0.15, -0.1) is 0 Å². The molecule has 2 aliphatic rings. The summed E-state index contributed by atoms with van der Waals surface area (Å²) in [6, 6.07) is 0.431. The van der Waals surface area contributed by atoms with Crippen molar-refractivity contribution in [3.8, 4) is 0 Å². The highest BCUT2D eigenvalue weighted by molar-refractivity contribution is 5.81. The first kappa shape index (κ1) is 13.8. The summed E-state index contributed by atoms with van der Waals surface area (Å²) >= 11 is 0. The van der Waals surface area contributed by atoms with E-state index in [9.17, 15) is 4.79 Å². The summed E-state index contributed by atoms with van der Waals surface area (Å²) in [6.07, 6.45) is 6.49. The molecule has 1 amide bonds. The van der Waals surface area contributed by atoms with Crippen LogP contribution < -0.4 is 5.73 Å². The molecule has 0 aromatic carbocycles. The summed E-state index contributed by atoms with van der Waals surface area (Å²) < 4.78 is 5.63. The molecule has 0 bridgehead atoms. The second-order valence-corrected chi connectivity index (χ2v) is 5.67. The minimum Gasteiger partial charge on any atom is -0.368 e. The smallest absolute Gasteiger partial charge is 0.252 e. The van der Waals surface area contributed by atoms with Gasteiger partial charge >= 0.3 is 0 Å². The van der Waals surface area contributed by atoms with Gasteiger partial charge < -0.3 is 15.4 Å². The molecule has 2 atom stereocenters. The van der Waals surface area contributed by atoms with E-state index in [1.165, 1.54) is 12.8 Å². The first-order chi connectivity index (χ1) is 8.74. The Labute approximate surface area is 110 Å². The zero-order valence-electron chi connectivity index (χ0n) is 11.4. The third kappa shape index (κ3) is 3.04. The van der Waals surface area contributed by atoms with Crippen LogP contribution in [0, 0.1) is 5.92 Å². The number of carbonyl (C=O) groups excluding carboxylic acids is 1. The van der Waals surface area contributed by atoms with Gasteiger partial charge in [-0.1, -0.05) is 19.8 Å². The Morgan fingerprint density at radius 2 is 2.06 bits per heavy atom. The quantitative estimate of drug-likeness (QED) is 0.809. The van der Waals surface area contributed by atoms with Crippen molar-refractivity contribution in [1.29, 1.82) is 0 Å². The van der Waals surface area contributed by atoms with Gasteiger partial charge in [0.15, 0.2) is 0 Å². The van der Waals surface area contributed by atoms with E-state index >= 15 is 0 Å². The van der Waals surface area contributed by atoms with Crippen LogP contribution in [0.1, 0.15) is 45.4 Å². The summed E-state index contributed by atoms with van der Waals surface area (Å²) in [5.41, 5.74) is 5.59. The molecule has 4 heteroatoms. The molecule has 1 heterocycles. The lowest BCUT2D eigenvalue weighted by Crippen LogP contribution is -2.46. The Balaban J connectivity index is 1.99. The molecular weight excluding hydrogens is 228 g/mol. The van der Waals surface area contributed by atoms with Crippen LogP contribution in [0.15, 0.2) is 0 Å². The van der Waals surface area contributed by atoms with Gasteiger partial charge in [0.1, 0.15) is 6.10 Å². The number of hydrogen-bond acceptors (Lipinski definition) is 3. The molecule has 2 fully saturated rings. The minimum atomic E-state index is -0.205. The van der Waals surface area contributed by atoms with Crippen molar-refractivity contribution in [2.75, 3.05) is 19.7 Å². The third-order valence-electron chi connectivity index (χ3n) is 4.28. The van der Waals surface area contributed by atoms with E-state index in [0.29, 0.717) is 18.5 Å². The molecule has 0 aromatic rings. The number of nitrogens with two attached hydrogens (primary N) is 1. The van der Waals surface area contributed by atoms with E-state index in [2.05, 4.69) is 11.8 Å². The molecule has 2 rings (SSSR count). The molecule has 2 unspecified atom stereocenters. The molecule has 4 nitrogen and oxygen atoms in total. The lowest BCUT2D eigenvalue weighted by Gasteiger charge is -2.32. The van der Waals surface area contributed by atoms with Crippen LogP contribution >= 0.6 is 0 Å². The van der Waals surface area contributed by atoms with E-state index in [0.717, 1.165) is 38.8 Å². The third-order valence-corrected chi connectivity index (χ3v) is 4.28. The fraction of sp³-hybridized carbons (Fsp3) is 0.929. The predicted molar refractivity (Wildman–Crippen MR) is 71.2 cm³/mol. The molecule has 0 aromatic heterocycles. The molecule has 2 N–H and O–H groups in total. The van der Waals surface area contributed by atoms with Crippen LogP contribution in [0.25, 0.3) is 0 Å². The molecule has 18 heavy (non-hydrogen) atoms. The second-order valence-electron chi connectivity index (χ2n) is 5.67. The van der Waals surface area contributed by atoms with Crippen molar-refractivity contribution in [2.24, 2.45) is 11.7 Å². The van der Waals surface area contributed by atoms with Crippen molar-refractivity contribution in [3.05, 3.63) is 0 Å². The predicted octanol–water partition coefficient (Wildman–Crippen LogP) is 1.53. The molecule has 1 saturated heterocycles. The average Bonchev–Trinajstić information content (AvgIpc) is 3.00. The molecule has 1 saturated carbocycles. The van der Waals surface area contributed by atoms with Gasteiger partial charge in [0.25, 0.3) is 5.91 Å². The number of ether oxygens (including phenoxy) is 1.